The molecule has 0 bridgehead atoms. The van der Waals surface area contributed by atoms with E-state index in [1.165, 1.54) is 6.07 Å². The molecule has 0 atom stereocenters. The van der Waals surface area contributed by atoms with Gasteiger partial charge in [0.15, 0.2) is 0 Å². The van der Waals surface area contributed by atoms with Crippen molar-refractivity contribution < 1.29 is 5.11 Å². The van der Waals surface area contributed by atoms with E-state index >= 15 is 0 Å². The lowest BCUT2D eigenvalue weighted by molar-refractivity contribution is 0.475. The molecule has 0 radical (unpaired) electrons. The molecule has 0 unspecified atom stereocenters. The number of benzene rings is 1. The molecule has 5 heteroatoms. The largest absolute Gasteiger partial charge is 0.508 e. The van der Waals surface area contributed by atoms with Crippen molar-refractivity contribution in [3.8, 4) is 5.75 Å². The average molecular weight is 210 g/mol. The molecule has 4 nitrogen and oxygen atoms in total. The molecule has 0 aliphatic rings. The summed E-state index contributed by atoms with van der Waals surface area (Å²) in [5.74, 6) is 0.127. The Morgan fingerprint density at radius 3 is 3.00 bits per heavy atom. The van der Waals surface area contributed by atoms with Crippen LogP contribution < -0.4 is 0 Å². The second kappa shape index (κ2) is 5.17. The lowest BCUT2D eigenvalue weighted by Crippen LogP contribution is -1.75. The van der Waals surface area contributed by atoms with Crippen LogP contribution in [0.3, 0.4) is 0 Å². The number of hydrogen-bond acceptors (Lipinski definition) is 2. The Morgan fingerprint density at radius 1 is 1.57 bits per heavy atom. The molecule has 1 aromatic carbocycles. The van der Waals surface area contributed by atoms with Gasteiger partial charge in [-0.1, -0.05) is 28.9 Å². The predicted octanol–water partition coefficient (Wildman–Crippen LogP) is 3.37. The fourth-order valence-electron chi connectivity index (χ4n) is 0.915. The molecule has 0 fully saturated rings. The third-order valence-electron chi connectivity index (χ3n) is 1.53. The first-order valence-corrected chi connectivity index (χ1v) is 4.28. The van der Waals surface area contributed by atoms with Crippen LogP contribution in [0.2, 0.25) is 5.02 Å². The zero-order valence-corrected chi connectivity index (χ0v) is 8.02. The normalized spacial score (nSPS) is 10.1. The summed E-state index contributed by atoms with van der Waals surface area (Å²) in [7, 11) is 0. The Labute approximate surface area is 86.1 Å². The van der Waals surface area contributed by atoms with E-state index in [4.69, 9.17) is 22.2 Å². The molecule has 1 N–H and O–H groups in total. The van der Waals surface area contributed by atoms with Crippen LogP contribution in [0.1, 0.15) is 5.56 Å². The fraction of sp³-hybridized carbons (Fsp3) is 0.111. The highest BCUT2D eigenvalue weighted by atomic mass is 35.5. The number of rotatable bonds is 3. The Morgan fingerprint density at radius 2 is 2.36 bits per heavy atom. The number of phenols is 1. The number of azide groups is 1. The van der Waals surface area contributed by atoms with E-state index in [1.807, 2.05) is 0 Å². The summed E-state index contributed by atoms with van der Waals surface area (Å²) in [6.07, 6.45) is 3.43. The Bertz CT molecular complexity index is 397. The van der Waals surface area contributed by atoms with Crippen LogP contribution >= 0.6 is 11.6 Å². The van der Waals surface area contributed by atoms with Crippen LogP contribution in [0.15, 0.2) is 29.4 Å². The summed E-state index contributed by atoms with van der Waals surface area (Å²) >= 11 is 5.83. The molecular weight excluding hydrogens is 202 g/mol. The fourth-order valence-corrected chi connectivity index (χ4v) is 1.15. The molecule has 0 saturated carbocycles. The van der Waals surface area contributed by atoms with Crippen LogP contribution in [0.5, 0.6) is 5.75 Å². The highest BCUT2D eigenvalue weighted by Crippen LogP contribution is 2.22. The first-order valence-electron chi connectivity index (χ1n) is 3.90. The predicted molar refractivity (Wildman–Crippen MR) is 56.2 cm³/mol. The molecule has 72 valence electrons. The summed E-state index contributed by atoms with van der Waals surface area (Å²) in [6.45, 7) is 0.285. The van der Waals surface area contributed by atoms with Crippen LogP contribution in [0, 0.1) is 0 Å². The zero-order valence-electron chi connectivity index (χ0n) is 7.26. The first-order chi connectivity index (χ1) is 6.74. The Hall–Kier alpha value is -1.64. The second-order valence-electron chi connectivity index (χ2n) is 2.52. The molecule has 0 spiro atoms. The van der Waals surface area contributed by atoms with Crippen molar-refractivity contribution in [1.82, 2.24) is 0 Å². The number of nitrogens with zero attached hydrogens (tertiary/aromatic N) is 3. The van der Waals surface area contributed by atoms with E-state index < -0.39 is 0 Å². The number of hydrogen-bond donors (Lipinski definition) is 1. The molecule has 1 aromatic rings. The van der Waals surface area contributed by atoms with E-state index in [0.29, 0.717) is 5.02 Å². The quantitative estimate of drug-likeness (QED) is 0.463. The van der Waals surface area contributed by atoms with Crippen molar-refractivity contribution in [2.75, 3.05) is 6.54 Å². The van der Waals surface area contributed by atoms with Crippen molar-refractivity contribution in [3.05, 3.63) is 45.3 Å². The highest BCUT2D eigenvalue weighted by molar-refractivity contribution is 6.32. The van der Waals surface area contributed by atoms with E-state index in [2.05, 4.69) is 10.0 Å². The minimum absolute atomic E-state index is 0.127. The van der Waals surface area contributed by atoms with E-state index in [1.54, 1.807) is 24.3 Å². The third-order valence-corrected chi connectivity index (χ3v) is 1.86. The lowest BCUT2D eigenvalue weighted by atomic mass is 10.2. The van der Waals surface area contributed by atoms with Crippen LogP contribution in [-0.2, 0) is 0 Å². The van der Waals surface area contributed by atoms with Gasteiger partial charge in [-0.05, 0) is 29.3 Å². The van der Waals surface area contributed by atoms with E-state index in [0.717, 1.165) is 5.56 Å². The molecule has 0 aliphatic carbocycles. The Kier molecular flexibility index (Phi) is 3.85. The van der Waals surface area contributed by atoms with Gasteiger partial charge in [-0.2, -0.15) is 0 Å². The molecular formula is C9H8ClN3O. The standard InChI is InChI=1S/C9H8ClN3O/c10-9-6-8(14)4-3-7(9)2-1-5-12-13-11/h1-4,6,14H,5H2. The monoisotopic (exact) mass is 209 g/mol. The summed E-state index contributed by atoms with van der Waals surface area (Å²) in [4.78, 5) is 2.60. The van der Waals surface area contributed by atoms with Crippen molar-refractivity contribution in [1.29, 1.82) is 0 Å². The Balaban J connectivity index is 2.76. The van der Waals surface area contributed by atoms with Crippen molar-refractivity contribution in [3.63, 3.8) is 0 Å². The van der Waals surface area contributed by atoms with Gasteiger partial charge in [0, 0.05) is 11.5 Å². The van der Waals surface area contributed by atoms with Gasteiger partial charge in [-0.3, -0.25) is 0 Å². The first kappa shape index (κ1) is 10.4. The van der Waals surface area contributed by atoms with E-state index in [9.17, 15) is 0 Å². The number of phenolic OH excluding ortho intramolecular Hbond substituents is 1. The summed E-state index contributed by atoms with van der Waals surface area (Å²) in [5.41, 5.74) is 8.80. The van der Waals surface area contributed by atoms with Crippen molar-refractivity contribution >= 4 is 17.7 Å². The number of aromatic hydroxyl groups is 1. The van der Waals surface area contributed by atoms with Gasteiger partial charge in [0.1, 0.15) is 5.75 Å². The van der Waals surface area contributed by atoms with Gasteiger partial charge in [0.2, 0.25) is 0 Å². The summed E-state index contributed by atoms with van der Waals surface area (Å²) in [5, 5.41) is 12.9. The van der Waals surface area contributed by atoms with E-state index in [-0.39, 0.29) is 12.3 Å². The van der Waals surface area contributed by atoms with Gasteiger partial charge in [0.05, 0.1) is 5.02 Å². The van der Waals surface area contributed by atoms with Gasteiger partial charge >= 0.3 is 0 Å². The maximum absolute atomic E-state index is 9.07. The van der Waals surface area contributed by atoms with Crippen molar-refractivity contribution in [2.24, 2.45) is 5.11 Å². The SMILES string of the molecule is [N-]=[N+]=NCC=Cc1ccc(O)cc1Cl. The topological polar surface area (TPSA) is 69.0 Å². The highest BCUT2D eigenvalue weighted by Gasteiger charge is 1.96. The van der Waals surface area contributed by atoms with Gasteiger partial charge in [0.25, 0.3) is 0 Å². The molecule has 0 aliphatic heterocycles. The molecule has 0 amide bonds. The molecule has 14 heavy (non-hydrogen) atoms. The minimum Gasteiger partial charge on any atom is -0.508 e. The zero-order chi connectivity index (χ0) is 10.4. The second-order valence-corrected chi connectivity index (χ2v) is 2.93. The maximum Gasteiger partial charge on any atom is 0.117 e. The molecule has 0 aromatic heterocycles. The maximum atomic E-state index is 9.07. The van der Waals surface area contributed by atoms with Gasteiger partial charge in [-0.25, -0.2) is 0 Å². The summed E-state index contributed by atoms with van der Waals surface area (Å²) < 4.78 is 0. The molecule has 0 heterocycles. The van der Waals surface area contributed by atoms with Crippen LogP contribution in [-0.4, -0.2) is 11.7 Å². The average Bonchev–Trinajstić information content (AvgIpc) is 2.15. The molecule has 1 rings (SSSR count). The van der Waals surface area contributed by atoms with Crippen LogP contribution in [0.4, 0.5) is 0 Å². The van der Waals surface area contributed by atoms with Gasteiger partial charge < -0.3 is 5.11 Å². The smallest absolute Gasteiger partial charge is 0.117 e. The van der Waals surface area contributed by atoms with Crippen LogP contribution in [0.25, 0.3) is 16.5 Å². The minimum atomic E-state index is 0.127. The number of halogens is 1. The molecule has 0 saturated heterocycles. The van der Waals surface area contributed by atoms with Gasteiger partial charge in [-0.15, -0.1) is 0 Å². The third kappa shape index (κ3) is 3.01. The lowest BCUT2D eigenvalue weighted by Gasteiger charge is -1.97. The summed E-state index contributed by atoms with van der Waals surface area (Å²) in [6, 6.07) is 4.68. The van der Waals surface area contributed by atoms with Crippen molar-refractivity contribution in [2.45, 2.75) is 0 Å².